The minimum atomic E-state index is 0.882. The fraction of sp³-hybridized carbons (Fsp3) is 0.636. The summed E-state index contributed by atoms with van der Waals surface area (Å²) in [5, 5.41) is 6.36. The van der Waals surface area contributed by atoms with Crippen molar-refractivity contribution in [3.63, 3.8) is 0 Å². The monoisotopic (exact) mass is 221 g/mol. The summed E-state index contributed by atoms with van der Waals surface area (Å²) in [7, 11) is 1.94. The molecule has 1 aromatic rings. The molecule has 2 N–H and O–H groups in total. The SMILES string of the molecule is CNCCNc1cc(N2CCCC2)ncn1. The van der Waals surface area contributed by atoms with E-state index in [0.29, 0.717) is 0 Å². The molecule has 2 rings (SSSR count). The highest BCUT2D eigenvalue weighted by atomic mass is 15.2. The Labute approximate surface area is 96.3 Å². The largest absolute Gasteiger partial charge is 0.369 e. The van der Waals surface area contributed by atoms with Crippen LogP contribution in [0, 0.1) is 0 Å². The van der Waals surface area contributed by atoms with E-state index in [9.17, 15) is 0 Å². The van der Waals surface area contributed by atoms with E-state index >= 15 is 0 Å². The molecule has 16 heavy (non-hydrogen) atoms. The number of anilines is 2. The Balaban J connectivity index is 1.95. The lowest BCUT2D eigenvalue weighted by Crippen LogP contribution is -2.21. The van der Waals surface area contributed by atoms with Crippen LogP contribution in [0.15, 0.2) is 12.4 Å². The second-order valence-corrected chi connectivity index (χ2v) is 3.99. The van der Waals surface area contributed by atoms with E-state index in [1.54, 1.807) is 6.33 Å². The van der Waals surface area contributed by atoms with E-state index in [4.69, 9.17) is 0 Å². The molecular weight excluding hydrogens is 202 g/mol. The van der Waals surface area contributed by atoms with Gasteiger partial charge in [-0.3, -0.25) is 0 Å². The molecule has 5 heteroatoms. The first kappa shape index (κ1) is 11.1. The Morgan fingerprint density at radius 2 is 2.06 bits per heavy atom. The second kappa shape index (κ2) is 5.65. The molecule has 88 valence electrons. The molecule has 0 radical (unpaired) electrons. The normalized spacial score (nSPS) is 15.4. The van der Waals surface area contributed by atoms with Gasteiger partial charge in [-0.2, -0.15) is 0 Å². The molecule has 1 aliphatic heterocycles. The maximum Gasteiger partial charge on any atom is 0.134 e. The Morgan fingerprint density at radius 1 is 1.25 bits per heavy atom. The lowest BCUT2D eigenvalue weighted by Gasteiger charge is -2.16. The third kappa shape index (κ3) is 2.82. The van der Waals surface area contributed by atoms with E-state index in [1.807, 2.05) is 13.1 Å². The van der Waals surface area contributed by atoms with Crippen molar-refractivity contribution in [3.8, 4) is 0 Å². The fourth-order valence-corrected chi connectivity index (χ4v) is 1.88. The molecule has 0 spiro atoms. The molecule has 1 aliphatic rings. The van der Waals surface area contributed by atoms with Crippen molar-refractivity contribution in [2.24, 2.45) is 0 Å². The van der Waals surface area contributed by atoms with Crippen molar-refractivity contribution in [2.45, 2.75) is 12.8 Å². The van der Waals surface area contributed by atoms with E-state index < -0.39 is 0 Å². The van der Waals surface area contributed by atoms with Crippen molar-refractivity contribution < 1.29 is 0 Å². The van der Waals surface area contributed by atoms with Crippen LogP contribution in [-0.4, -0.2) is 43.2 Å². The molecule has 0 unspecified atom stereocenters. The quantitative estimate of drug-likeness (QED) is 0.717. The zero-order valence-electron chi connectivity index (χ0n) is 9.74. The number of hydrogen-bond acceptors (Lipinski definition) is 5. The van der Waals surface area contributed by atoms with E-state index in [1.165, 1.54) is 12.8 Å². The maximum absolute atomic E-state index is 4.31. The van der Waals surface area contributed by atoms with Gasteiger partial charge in [0.15, 0.2) is 0 Å². The molecule has 0 saturated carbocycles. The van der Waals surface area contributed by atoms with Gasteiger partial charge in [0.05, 0.1) is 0 Å². The maximum atomic E-state index is 4.31. The number of rotatable bonds is 5. The summed E-state index contributed by atoms with van der Waals surface area (Å²) in [4.78, 5) is 10.8. The number of nitrogens with zero attached hydrogens (tertiary/aromatic N) is 3. The zero-order chi connectivity index (χ0) is 11.2. The zero-order valence-corrected chi connectivity index (χ0v) is 9.74. The van der Waals surface area contributed by atoms with Gasteiger partial charge in [-0.15, -0.1) is 0 Å². The van der Waals surface area contributed by atoms with Crippen LogP contribution in [0.3, 0.4) is 0 Å². The standard InChI is InChI=1S/C11H19N5/c1-12-4-5-13-10-8-11(15-9-14-10)16-6-2-3-7-16/h8-9,12H,2-7H2,1H3,(H,13,14,15). The minimum absolute atomic E-state index is 0.882. The highest BCUT2D eigenvalue weighted by Gasteiger charge is 2.13. The van der Waals surface area contributed by atoms with Crippen LogP contribution in [0.2, 0.25) is 0 Å². The van der Waals surface area contributed by atoms with Crippen LogP contribution in [0.25, 0.3) is 0 Å². The van der Waals surface area contributed by atoms with E-state index in [2.05, 4.69) is 25.5 Å². The predicted molar refractivity (Wildman–Crippen MR) is 65.9 cm³/mol. The molecule has 0 bridgehead atoms. The first-order chi connectivity index (χ1) is 7.90. The van der Waals surface area contributed by atoms with Gasteiger partial charge in [-0.1, -0.05) is 0 Å². The van der Waals surface area contributed by atoms with Crippen LogP contribution in [0.1, 0.15) is 12.8 Å². The third-order valence-corrected chi connectivity index (χ3v) is 2.76. The molecule has 5 nitrogen and oxygen atoms in total. The second-order valence-electron chi connectivity index (χ2n) is 3.99. The Hall–Kier alpha value is -1.36. The van der Waals surface area contributed by atoms with E-state index in [-0.39, 0.29) is 0 Å². The van der Waals surface area contributed by atoms with Gasteiger partial charge < -0.3 is 15.5 Å². The van der Waals surface area contributed by atoms with Crippen molar-refractivity contribution in [1.29, 1.82) is 0 Å². The van der Waals surface area contributed by atoms with Crippen molar-refractivity contribution in [1.82, 2.24) is 15.3 Å². The van der Waals surface area contributed by atoms with E-state index in [0.717, 1.165) is 37.8 Å². The first-order valence-corrected chi connectivity index (χ1v) is 5.85. The van der Waals surface area contributed by atoms with Gasteiger partial charge in [-0.05, 0) is 19.9 Å². The number of hydrogen-bond donors (Lipinski definition) is 2. The molecule has 0 aromatic carbocycles. The summed E-state index contributed by atoms with van der Waals surface area (Å²) in [6, 6.07) is 2.03. The van der Waals surface area contributed by atoms with Crippen LogP contribution < -0.4 is 15.5 Å². The summed E-state index contributed by atoms with van der Waals surface area (Å²) in [6.07, 6.45) is 4.17. The average molecular weight is 221 g/mol. The molecule has 0 atom stereocenters. The van der Waals surface area contributed by atoms with Gasteiger partial charge in [0, 0.05) is 32.2 Å². The van der Waals surface area contributed by atoms with Crippen molar-refractivity contribution in [2.75, 3.05) is 43.4 Å². The van der Waals surface area contributed by atoms with Crippen LogP contribution in [0.5, 0.6) is 0 Å². The molecule has 0 amide bonds. The first-order valence-electron chi connectivity index (χ1n) is 5.85. The Kier molecular flexibility index (Phi) is 3.93. The van der Waals surface area contributed by atoms with Gasteiger partial charge in [0.1, 0.15) is 18.0 Å². The Morgan fingerprint density at radius 3 is 2.81 bits per heavy atom. The Bertz CT molecular complexity index is 322. The summed E-state index contributed by atoms with van der Waals surface area (Å²) >= 11 is 0. The average Bonchev–Trinajstić information content (AvgIpc) is 2.83. The summed E-state index contributed by atoms with van der Waals surface area (Å²) < 4.78 is 0. The lowest BCUT2D eigenvalue weighted by atomic mass is 10.4. The number of nitrogens with one attached hydrogen (secondary N) is 2. The van der Waals surface area contributed by atoms with Crippen LogP contribution >= 0.6 is 0 Å². The number of likely N-dealkylation sites (N-methyl/N-ethyl adjacent to an activating group) is 1. The van der Waals surface area contributed by atoms with Crippen LogP contribution in [-0.2, 0) is 0 Å². The molecule has 2 heterocycles. The van der Waals surface area contributed by atoms with Gasteiger partial charge in [0.2, 0.25) is 0 Å². The van der Waals surface area contributed by atoms with Crippen molar-refractivity contribution in [3.05, 3.63) is 12.4 Å². The predicted octanol–water partition coefficient (Wildman–Crippen LogP) is 0.708. The topological polar surface area (TPSA) is 53.1 Å². The minimum Gasteiger partial charge on any atom is -0.369 e. The molecule has 1 aromatic heterocycles. The highest BCUT2D eigenvalue weighted by Crippen LogP contribution is 2.18. The lowest BCUT2D eigenvalue weighted by molar-refractivity contribution is 0.820. The smallest absolute Gasteiger partial charge is 0.134 e. The fourth-order valence-electron chi connectivity index (χ4n) is 1.88. The summed E-state index contributed by atoms with van der Waals surface area (Å²) in [6.45, 7) is 4.05. The van der Waals surface area contributed by atoms with Gasteiger partial charge in [0.25, 0.3) is 0 Å². The van der Waals surface area contributed by atoms with Gasteiger partial charge in [-0.25, -0.2) is 9.97 Å². The third-order valence-electron chi connectivity index (χ3n) is 2.76. The highest BCUT2D eigenvalue weighted by molar-refractivity contribution is 5.48. The summed E-state index contributed by atoms with van der Waals surface area (Å²) in [5.74, 6) is 1.95. The number of aromatic nitrogens is 2. The van der Waals surface area contributed by atoms with Gasteiger partial charge >= 0.3 is 0 Å². The molecule has 1 fully saturated rings. The molecule has 0 aliphatic carbocycles. The molecular formula is C11H19N5. The molecule has 1 saturated heterocycles. The van der Waals surface area contributed by atoms with Crippen molar-refractivity contribution >= 4 is 11.6 Å². The van der Waals surface area contributed by atoms with Crippen LogP contribution in [0.4, 0.5) is 11.6 Å². The summed E-state index contributed by atoms with van der Waals surface area (Å²) in [5.41, 5.74) is 0.